The van der Waals surface area contributed by atoms with Crippen molar-refractivity contribution >= 4 is 5.97 Å². The lowest BCUT2D eigenvalue weighted by atomic mass is 9.90. The van der Waals surface area contributed by atoms with Gasteiger partial charge in [-0.05, 0) is 18.3 Å². The molecule has 2 bridgehead atoms. The second-order valence-corrected chi connectivity index (χ2v) is 3.57. The molecule has 2 unspecified atom stereocenters. The minimum absolute atomic E-state index is 0.0209. The first-order valence-electron chi connectivity index (χ1n) is 4.26. The Morgan fingerprint density at radius 3 is 2.67 bits per heavy atom. The average molecular weight is 167 g/mol. The minimum atomic E-state index is -0.153. The second-order valence-electron chi connectivity index (χ2n) is 3.57. The van der Waals surface area contributed by atoms with Crippen LogP contribution in [-0.4, -0.2) is 19.1 Å². The van der Waals surface area contributed by atoms with E-state index in [4.69, 9.17) is 10.5 Å². The van der Waals surface area contributed by atoms with E-state index < -0.39 is 0 Å². The van der Waals surface area contributed by atoms with Crippen LogP contribution in [0, 0.1) is 17.8 Å². The summed E-state index contributed by atoms with van der Waals surface area (Å²) in [6.45, 7) is 0. The maximum Gasteiger partial charge on any atom is 0.310 e. The van der Waals surface area contributed by atoms with E-state index in [1.807, 2.05) is 0 Å². The maximum absolute atomic E-state index is 11.3. The fraction of sp³-hybridized carbons (Fsp3) is 0.667. The Kier molecular flexibility index (Phi) is 1.68. The molecule has 0 spiro atoms. The van der Waals surface area contributed by atoms with Gasteiger partial charge >= 0.3 is 5.97 Å². The van der Waals surface area contributed by atoms with Gasteiger partial charge in [-0.1, -0.05) is 12.2 Å². The van der Waals surface area contributed by atoms with Crippen molar-refractivity contribution in [3.63, 3.8) is 0 Å². The molecule has 1 saturated carbocycles. The molecule has 0 aromatic heterocycles. The number of allylic oxidation sites excluding steroid dienone is 1. The van der Waals surface area contributed by atoms with Crippen LogP contribution >= 0.6 is 0 Å². The van der Waals surface area contributed by atoms with Crippen molar-refractivity contribution in [1.82, 2.24) is 0 Å². The minimum Gasteiger partial charge on any atom is -0.469 e. The molecule has 3 nitrogen and oxygen atoms in total. The predicted molar refractivity (Wildman–Crippen MR) is 44.2 cm³/mol. The van der Waals surface area contributed by atoms with Crippen LogP contribution in [0.4, 0.5) is 0 Å². The highest BCUT2D eigenvalue weighted by Gasteiger charge is 2.46. The lowest BCUT2D eigenvalue weighted by Gasteiger charge is -2.21. The summed E-state index contributed by atoms with van der Waals surface area (Å²) in [5.74, 6) is 0.487. The third kappa shape index (κ3) is 0.894. The zero-order valence-corrected chi connectivity index (χ0v) is 7.07. The van der Waals surface area contributed by atoms with Gasteiger partial charge in [0.05, 0.1) is 13.0 Å². The monoisotopic (exact) mass is 167 g/mol. The smallest absolute Gasteiger partial charge is 0.310 e. The molecule has 0 radical (unpaired) electrons. The van der Waals surface area contributed by atoms with E-state index in [2.05, 4.69) is 12.2 Å². The Balaban J connectivity index is 2.18. The summed E-state index contributed by atoms with van der Waals surface area (Å²) in [5, 5.41) is 0. The Labute approximate surface area is 71.6 Å². The van der Waals surface area contributed by atoms with Crippen LogP contribution < -0.4 is 5.73 Å². The van der Waals surface area contributed by atoms with E-state index in [0.717, 1.165) is 6.42 Å². The molecule has 0 saturated heterocycles. The Bertz CT molecular complexity index is 237. The first kappa shape index (κ1) is 7.80. The van der Waals surface area contributed by atoms with Crippen molar-refractivity contribution in [2.24, 2.45) is 23.5 Å². The average Bonchev–Trinajstić information content (AvgIpc) is 2.63. The molecule has 0 amide bonds. The molecule has 0 aliphatic heterocycles. The Morgan fingerprint density at radius 1 is 1.50 bits per heavy atom. The fourth-order valence-electron chi connectivity index (χ4n) is 2.33. The molecule has 3 heteroatoms. The van der Waals surface area contributed by atoms with E-state index in [1.165, 1.54) is 7.11 Å². The molecule has 0 aromatic rings. The first-order chi connectivity index (χ1) is 5.74. The highest BCUT2D eigenvalue weighted by molar-refractivity contribution is 5.75. The summed E-state index contributed by atoms with van der Waals surface area (Å²) in [6, 6.07) is -0.0209. The van der Waals surface area contributed by atoms with Crippen molar-refractivity contribution in [2.45, 2.75) is 12.5 Å². The van der Waals surface area contributed by atoms with Gasteiger partial charge in [0.25, 0.3) is 0 Å². The third-order valence-electron chi connectivity index (χ3n) is 2.99. The van der Waals surface area contributed by atoms with Gasteiger partial charge in [-0.3, -0.25) is 4.79 Å². The van der Waals surface area contributed by atoms with Gasteiger partial charge in [-0.2, -0.15) is 0 Å². The van der Waals surface area contributed by atoms with Crippen molar-refractivity contribution in [3.05, 3.63) is 12.2 Å². The van der Waals surface area contributed by atoms with Crippen LogP contribution in [0.5, 0.6) is 0 Å². The Morgan fingerprint density at radius 2 is 2.17 bits per heavy atom. The number of hydrogen-bond donors (Lipinski definition) is 1. The van der Waals surface area contributed by atoms with Crippen LogP contribution in [0.1, 0.15) is 6.42 Å². The number of rotatable bonds is 1. The number of hydrogen-bond acceptors (Lipinski definition) is 3. The molecule has 2 rings (SSSR count). The van der Waals surface area contributed by atoms with Crippen molar-refractivity contribution in [1.29, 1.82) is 0 Å². The topological polar surface area (TPSA) is 52.3 Å². The molecular weight excluding hydrogens is 154 g/mol. The van der Waals surface area contributed by atoms with Gasteiger partial charge in [0.2, 0.25) is 0 Å². The second kappa shape index (κ2) is 2.59. The van der Waals surface area contributed by atoms with Gasteiger partial charge in [0, 0.05) is 6.04 Å². The molecule has 4 atom stereocenters. The van der Waals surface area contributed by atoms with Gasteiger partial charge in [0.15, 0.2) is 0 Å². The summed E-state index contributed by atoms with van der Waals surface area (Å²) >= 11 is 0. The van der Waals surface area contributed by atoms with Crippen molar-refractivity contribution in [2.75, 3.05) is 7.11 Å². The molecule has 2 aliphatic carbocycles. The molecule has 0 heterocycles. The molecule has 2 aliphatic rings. The number of carbonyl (C=O) groups is 1. The summed E-state index contributed by atoms with van der Waals surface area (Å²) in [5.41, 5.74) is 5.89. The Hall–Kier alpha value is -0.830. The van der Waals surface area contributed by atoms with Crippen LogP contribution in [0.25, 0.3) is 0 Å². The SMILES string of the molecule is COC(=O)C1C(N)[C@H]2C=C[C@@H]1C2. The molecule has 66 valence electrons. The summed E-state index contributed by atoms with van der Waals surface area (Å²) in [4.78, 5) is 11.3. The number of carbonyl (C=O) groups excluding carboxylic acids is 1. The summed E-state index contributed by atoms with van der Waals surface area (Å²) in [7, 11) is 1.42. The zero-order valence-electron chi connectivity index (χ0n) is 7.07. The fourth-order valence-corrected chi connectivity index (χ4v) is 2.33. The van der Waals surface area contributed by atoms with E-state index in [1.54, 1.807) is 0 Å². The molecular formula is C9H13NO2. The van der Waals surface area contributed by atoms with E-state index in [9.17, 15) is 4.79 Å². The standard InChI is InChI=1S/C9H13NO2/c1-12-9(11)7-5-2-3-6(4-5)8(7)10/h2-3,5-8H,4,10H2,1H3/t5-,6+,7?,8?/m1/s1. The highest BCUT2D eigenvalue weighted by Crippen LogP contribution is 2.42. The number of esters is 1. The normalized spacial score (nSPS) is 43.5. The highest BCUT2D eigenvalue weighted by atomic mass is 16.5. The van der Waals surface area contributed by atoms with Gasteiger partial charge in [-0.25, -0.2) is 0 Å². The van der Waals surface area contributed by atoms with E-state index >= 15 is 0 Å². The predicted octanol–water partition coefficient (Wildman–Crippen LogP) is 0.309. The maximum atomic E-state index is 11.3. The lowest BCUT2D eigenvalue weighted by molar-refractivity contribution is -0.146. The molecule has 0 aromatic carbocycles. The van der Waals surface area contributed by atoms with Crippen LogP contribution in [0.2, 0.25) is 0 Å². The van der Waals surface area contributed by atoms with Gasteiger partial charge in [-0.15, -0.1) is 0 Å². The number of ether oxygens (including phenoxy) is 1. The summed E-state index contributed by atoms with van der Waals surface area (Å²) < 4.78 is 4.70. The third-order valence-corrected chi connectivity index (χ3v) is 2.99. The van der Waals surface area contributed by atoms with Crippen LogP contribution in [0.3, 0.4) is 0 Å². The first-order valence-corrected chi connectivity index (χ1v) is 4.26. The van der Waals surface area contributed by atoms with Gasteiger partial charge < -0.3 is 10.5 Å². The van der Waals surface area contributed by atoms with Crippen molar-refractivity contribution in [3.8, 4) is 0 Å². The number of nitrogens with two attached hydrogens (primary N) is 1. The summed E-state index contributed by atoms with van der Waals surface area (Å²) in [6.07, 6.45) is 5.24. The molecule has 12 heavy (non-hydrogen) atoms. The van der Waals surface area contributed by atoms with Crippen molar-refractivity contribution < 1.29 is 9.53 Å². The lowest BCUT2D eigenvalue weighted by Crippen LogP contribution is -2.39. The number of methoxy groups -OCH3 is 1. The quantitative estimate of drug-likeness (QED) is 0.451. The zero-order chi connectivity index (χ0) is 8.72. The number of fused-ring (bicyclic) bond motifs is 2. The van der Waals surface area contributed by atoms with Gasteiger partial charge in [0.1, 0.15) is 0 Å². The molecule has 2 N–H and O–H groups in total. The van der Waals surface area contributed by atoms with E-state index in [-0.39, 0.29) is 17.9 Å². The largest absolute Gasteiger partial charge is 0.469 e. The molecule has 1 fully saturated rings. The van der Waals surface area contributed by atoms with E-state index in [0.29, 0.717) is 11.8 Å². The van der Waals surface area contributed by atoms with Crippen LogP contribution in [-0.2, 0) is 9.53 Å². The van der Waals surface area contributed by atoms with Crippen LogP contribution in [0.15, 0.2) is 12.2 Å².